The van der Waals surface area contributed by atoms with E-state index < -0.39 is 23.2 Å². The lowest BCUT2D eigenvalue weighted by molar-refractivity contribution is -0.158. The van der Waals surface area contributed by atoms with Gasteiger partial charge in [-0.3, -0.25) is 4.79 Å². The molecule has 168 valence electrons. The van der Waals surface area contributed by atoms with Crippen LogP contribution in [0.4, 0.5) is 0 Å². The summed E-state index contributed by atoms with van der Waals surface area (Å²) in [5, 5.41) is 0.490. The van der Waals surface area contributed by atoms with Crippen LogP contribution in [-0.2, 0) is 19.9 Å². The van der Waals surface area contributed by atoms with E-state index in [-0.39, 0.29) is 6.61 Å². The minimum absolute atomic E-state index is 0.0453. The van der Waals surface area contributed by atoms with Gasteiger partial charge in [0.15, 0.2) is 5.60 Å². The molecule has 0 spiro atoms. The fourth-order valence-electron chi connectivity index (χ4n) is 3.49. The molecule has 0 saturated carbocycles. The van der Waals surface area contributed by atoms with Gasteiger partial charge in [0.2, 0.25) is 0 Å². The van der Waals surface area contributed by atoms with Crippen LogP contribution in [0.5, 0.6) is 0 Å². The summed E-state index contributed by atoms with van der Waals surface area (Å²) in [6.45, 7) is 7.79. The number of carbonyl (C=O) groups is 1. The molecule has 4 nitrogen and oxygen atoms in total. The summed E-state index contributed by atoms with van der Waals surface area (Å²) in [5.74, 6) is -0.571. The van der Waals surface area contributed by atoms with Crippen LogP contribution in [0, 0.1) is 6.92 Å². The lowest BCUT2D eigenvalue weighted by Gasteiger charge is -2.36. The molecular weight excluding hydrogens is 422 g/mol. The number of carbonyl (C=O) groups excluding carboxylic acids is 1. The monoisotopic (exact) mass is 451 g/mol. The van der Waals surface area contributed by atoms with Gasteiger partial charge >= 0.3 is 5.97 Å². The highest BCUT2D eigenvalue weighted by Gasteiger charge is 2.43. The molecule has 3 rings (SSSR count). The zero-order chi connectivity index (χ0) is 23.4. The maximum Gasteiger partial charge on any atom is 0.326 e. The van der Waals surface area contributed by atoms with Crippen molar-refractivity contribution >= 4 is 17.6 Å². The average Bonchev–Trinajstić information content (AvgIpc) is 2.77. The van der Waals surface area contributed by atoms with Gasteiger partial charge in [-0.15, -0.1) is 0 Å². The first-order valence-electron chi connectivity index (χ1n) is 10.6. The highest BCUT2D eigenvalue weighted by atomic mass is 35.5. The van der Waals surface area contributed by atoms with Crippen LogP contribution in [0.15, 0.2) is 78.9 Å². The number of nitrogens with two attached hydrogens (primary N) is 1. The van der Waals surface area contributed by atoms with E-state index in [4.69, 9.17) is 26.8 Å². The van der Waals surface area contributed by atoms with Gasteiger partial charge < -0.3 is 15.2 Å². The molecule has 1 unspecified atom stereocenters. The summed E-state index contributed by atoms with van der Waals surface area (Å²) in [4.78, 5) is 13.3. The van der Waals surface area contributed by atoms with Gasteiger partial charge in [-0.1, -0.05) is 90.0 Å². The Kier molecular flexibility index (Phi) is 7.40. The molecule has 3 aromatic carbocycles. The number of esters is 1. The molecule has 3 aromatic rings. The molecule has 0 heterocycles. The number of hydrogen-bond donors (Lipinski definition) is 1. The fourth-order valence-corrected chi connectivity index (χ4v) is 3.76. The predicted octanol–water partition coefficient (Wildman–Crippen LogP) is 5.63. The number of hydrogen-bond acceptors (Lipinski definition) is 4. The normalized spacial score (nSPS) is 14.4. The number of aryl methyl sites for hydroxylation is 1. The van der Waals surface area contributed by atoms with E-state index in [9.17, 15) is 4.79 Å². The van der Waals surface area contributed by atoms with Crippen LogP contribution in [-0.4, -0.2) is 24.2 Å². The van der Waals surface area contributed by atoms with E-state index in [0.29, 0.717) is 10.6 Å². The maximum absolute atomic E-state index is 13.3. The van der Waals surface area contributed by atoms with E-state index in [0.717, 1.165) is 16.7 Å². The number of benzene rings is 3. The molecule has 0 saturated heterocycles. The fraction of sp³-hybridized carbons (Fsp3) is 0.296. The Hall–Kier alpha value is -2.66. The van der Waals surface area contributed by atoms with Gasteiger partial charge in [-0.05, 0) is 33.8 Å². The highest BCUT2D eigenvalue weighted by molar-refractivity contribution is 6.31. The lowest BCUT2D eigenvalue weighted by atomic mass is 9.79. The molecule has 0 aromatic heterocycles. The van der Waals surface area contributed by atoms with E-state index in [1.54, 1.807) is 6.07 Å². The van der Waals surface area contributed by atoms with Crippen molar-refractivity contribution in [2.45, 2.75) is 44.9 Å². The second-order valence-electron chi connectivity index (χ2n) is 8.84. The summed E-state index contributed by atoms with van der Waals surface area (Å²) in [7, 11) is 0. The van der Waals surface area contributed by atoms with Crippen molar-refractivity contribution in [1.82, 2.24) is 0 Å². The molecule has 32 heavy (non-hydrogen) atoms. The first kappa shape index (κ1) is 24.0. The van der Waals surface area contributed by atoms with Crippen molar-refractivity contribution in [3.63, 3.8) is 0 Å². The Morgan fingerprint density at radius 1 is 0.906 bits per heavy atom. The van der Waals surface area contributed by atoms with Gasteiger partial charge in [0.25, 0.3) is 0 Å². The van der Waals surface area contributed by atoms with Gasteiger partial charge in [0, 0.05) is 21.7 Å². The number of ether oxygens (including phenoxy) is 2. The second-order valence-corrected chi connectivity index (χ2v) is 9.25. The Labute approximate surface area is 195 Å². The highest BCUT2D eigenvalue weighted by Crippen LogP contribution is 2.43. The van der Waals surface area contributed by atoms with Gasteiger partial charge in [-0.25, -0.2) is 0 Å². The summed E-state index contributed by atoms with van der Waals surface area (Å²) in [5.41, 5.74) is 7.80. The van der Waals surface area contributed by atoms with Crippen LogP contribution in [0.3, 0.4) is 0 Å². The lowest BCUT2D eigenvalue weighted by Crippen LogP contribution is -2.45. The first-order chi connectivity index (χ1) is 15.1. The average molecular weight is 452 g/mol. The molecule has 0 aliphatic rings. The van der Waals surface area contributed by atoms with Crippen LogP contribution in [0.2, 0.25) is 5.02 Å². The van der Waals surface area contributed by atoms with Crippen molar-refractivity contribution in [3.05, 3.63) is 106 Å². The van der Waals surface area contributed by atoms with Gasteiger partial charge in [-0.2, -0.15) is 0 Å². The van der Waals surface area contributed by atoms with Crippen molar-refractivity contribution in [2.24, 2.45) is 5.73 Å². The zero-order valence-electron chi connectivity index (χ0n) is 19.0. The summed E-state index contributed by atoms with van der Waals surface area (Å²) >= 11 is 6.68. The van der Waals surface area contributed by atoms with Crippen LogP contribution < -0.4 is 5.73 Å². The molecule has 0 bridgehead atoms. The van der Waals surface area contributed by atoms with Crippen molar-refractivity contribution in [2.75, 3.05) is 6.61 Å². The molecule has 0 fully saturated rings. The Morgan fingerprint density at radius 3 is 2.06 bits per heavy atom. The third kappa shape index (κ3) is 5.39. The molecule has 0 aliphatic heterocycles. The summed E-state index contributed by atoms with van der Waals surface area (Å²) < 4.78 is 12.0. The minimum Gasteiger partial charge on any atom is -0.443 e. The smallest absolute Gasteiger partial charge is 0.326 e. The number of rotatable bonds is 7. The second kappa shape index (κ2) is 9.86. The topological polar surface area (TPSA) is 61.5 Å². The Bertz CT molecular complexity index is 1040. The molecule has 5 heteroatoms. The van der Waals surface area contributed by atoms with Crippen molar-refractivity contribution in [1.29, 1.82) is 0 Å². The summed E-state index contributed by atoms with van der Waals surface area (Å²) in [6.07, 6.45) is 0. The predicted molar refractivity (Wildman–Crippen MR) is 129 cm³/mol. The number of halogens is 1. The van der Waals surface area contributed by atoms with E-state index in [2.05, 4.69) is 0 Å². The van der Waals surface area contributed by atoms with Gasteiger partial charge in [0.1, 0.15) is 6.04 Å². The summed E-state index contributed by atoms with van der Waals surface area (Å²) in [6, 6.07) is 23.9. The van der Waals surface area contributed by atoms with Crippen LogP contribution >= 0.6 is 11.6 Å². The largest absolute Gasteiger partial charge is 0.443 e. The SMILES string of the molecule is Cc1ccc(C(OC(=O)[C@@H](N)COC(C)(C)C)(c2ccccc2)c2ccccc2Cl)cc1. The molecule has 0 aliphatic carbocycles. The molecule has 2 atom stereocenters. The Morgan fingerprint density at radius 2 is 1.47 bits per heavy atom. The van der Waals surface area contributed by atoms with Crippen LogP contribution in [0.25, 0.3) is 0 Å². The van der Waals surface area contributed by atoms with Crippen molar-refractivity contribution in [3.8, 4) is 0 Å². The van der Waals surface area contributed by atoms with Crippen LogP contribution in [0.1, 0.15) is 43.0 Å². The Balaban J connectivity index is 2.16. The van der Waals surface area contributed by atoms with Gasteiger partial charge in [0.05, 0.1) is 12.2 Å². The third-order valence-electron chi connectivity index (χ3n) is 5.14. The van der Waals surface area contributed by atoms with E-state index in [1.165, 1.54) is 0 Å². The molecule has 0 radical (unpaired) electrons. The quantitative estimate of drug-likeness (QED) is 0.373. The first-order valence-corrected chi connectivity index (χ1v) is 11.0. The van der Waals surface area contributed by atoms with E-state index in [1.807, 2.05) is 100 Å². The standard InChI is InChI=1S/C27H30ClNO3/c1-19-14-16-21(17-15-19)27(20-10-6-5-7-11-20,22-12-8-9-13-23(22)28)32-25(30)24(29)18-31-26(2,3)4/h5-17,24H,18,29H2,1-4H3/t24-,27?/m0/s1. The molecule has 0 amide bonds. The third-order valence-corrected chi connectivity index (χ3v) is 5.47. The molecular formula is C27H30ClNO3. The van der Waals surface area contributed by atoms with Crippen molar-refractivity contribution < 1.29 is 14.3 Å². The van der Waals surface area contributed by atoms with E-state index >= 15 is 0 Å². The zero-order valence-corrected chi connectivity index (χ0v) is 19.7. The minimum atomic E-state index is -1.27. The molecule has 2 N–H and O–H groups in total. The maximum atomic E-state index is 13.3.